The van der Waals surface area contributed by atoms with Crippen molar-refractivity contribution < 1.29 is 19.4 Å². The molecule has 0 aliphatic heterocycles. The first-order chi connectivity index (χ1) is 11.6. The second kappa shape index (κ2) is 8.57. The first-order valence-electron chi connectivity index (χ1n) is 7.45. The summed E-state index contributed by atoms with van der Waals surface area (Å²) < 4.78 is 10.5. The van der Waals surface area contributed by atoms with Crippen LogP contribution in [0.5, 0.6) is 11.5 Å². The van der Waals surface area contributed by atoms with Crippen LogP contribution in [0, 0.1) is 0 Å². The van der Waals surface area contributed by atoms with Gasteiger partial charge < -0.3 is 19.5 Å². The molecule has 0 atom stereocenters. The van der Waals surface area contributed by atoms with Crippen LogP contribution in [0.1, 0.15) is 15.9 Å². The van der Waals surface area contributed by atoms with Crippen molar-refractivity contribution in [2.24, 2.45) is 0 Å². The molecule has 0 radical (unpaired) electrons. The number of carbonyl (C=O) groups is 1. The molecule has 0 spiro atoms. The summed E-state index contributed by atoms with van der Waals surface area (Å²) in [6.45, 7) is 0.379. The summed E-state index contributed by atoms with van der Waals surface area (Å²) in [5, 5.41) is 9.79. The summed E-state index contributed by atoms with van der Waals surface area (Å²) in [6.07, 6.45) is 0. The molecule has 0 unspecified atom stereocenters. The van der Waals surface area contributed by atoms with Gasteiger partial charge in [-0.15, -0.1) is 0 Å². The summed E-state index contributed by atoms with van der Waals surface area (Å²) in [7, 11) is 3.14. The number of rotatable bonds is 7. The van der Waals surface area contributed by atoms with Gasteiger partial charge in [-0.1, -0.05) is 17.7 Å². The van der Waals surface area contributed by atoms with Crippen LogP contribution in [-0.4, -0.2) is 43.3 Å². The van der Waals surface area contributed by atoms with Gasteiger partial charge in [0.05, 0.1) is 20.8 Å². The van der Waals surface area contributed by atoms with Gasteiger partial charge in [-0.25, -0.2) is 0 Å². The lowest BCUT2D eigenvalue weighted by Crippen LogP contribution is -2.33. The lowest BCUT2D eigenvalue weighted by Gasteiger charge is -2.23. The van der Waals surface area contributed by atoms with Crippen LogP contribution in [0.3, 0.4) is 0 Å². The Kier molecular flexibility index (Phi) is 6.46. The molecule has 0 aromatic heterocycles. The molecule has 0 saturated carbocycles. The predicted octanol–water partition coefficient (Wildman–Crippen LogP) is 2.99. The number of methoxy groups -OCH3 is 2. The number of halogens is 1. The maximum Gasteiger partial charge on any atom is 0.254 e. The predicted molar refractivity (Wildman–Crippen MR) is 92.8 cm³/mol. The van der Waals surface area contributed by atoms with Crippen molar-refractivity contribution in [1.82, 2.24) is 4.90 Å². The summed E-state index contributed by atoms with van der Waals surface area (Å²) in [5.41, 5.74) is 1.30. The quantitative estimate of drug-likeness (QED) is 0.834. The van der Waals surface area contributed by atoms with E-state index in [2.05, 4.69) is 0 Å². The highest BCUT2D eigenvalue weighted by Crippen LogP contribution is 2.26. The van der Waals surface area contributed by atoms with Crippen LogP contribution < -0.4 is 9.47 Å². The maximum absolute atomic E-state index is 12.7. The molecule has 0 aliphatic carbocycles. The average Bonchev–Trinajstić information content (AvgIpc) is 2.61. The zero-order chi connectivity index (χ0) is 17.5. The summed E-state index contributed by atoms with van der Waals surface area (Å²) in [4.78, 5) is 14.3. The number of carbonyl (C=O) groups excluding carboxylic acids is 1. The lowest BCUT2D eigenvalue weighted by atomic mass is 10.1. The molecule has 6 heteroatoms. The van der Waals surface area contributed by atoms with Crippen LogP contribution in [0.25, 0.3) is 0 Å². The van der Waals surface area contributed by atoms with Crippen LogP contribution in [-0.2, 0) is 6.54 Å². The summed E-state index contributed by atoms with van der Waals surface area (Å²) in [5.74, 6) is 1.09. The van der Waals surface area contributed by atoms with Crippen LogP contribution in [0.4, 0.5) is 0 Å². The van der Waals surface area contributed by atoms with Crippen molar-refractivity contribution in [1.29, 1.82) is 0 Å². The molecule has 0 bridgehead atoms. The number of aliphatic hydroxyl groups is 1. The highest BCUT2D eigenvalue weighted by Gasteiger charge is 2.18. The topological polar surface area (TPSA) is 59.0 Å². The zero-order valence-electron chi connectivity index (χ0n) is 13.7. The SMILES string of the molecule is COc1ccc(CN(CCO)C(=O)c2cccc(Cl)c2)c(OC)c1. The Balaban J connectivity index is 2.27. The molecule has 2 rings (SSSR count). The number of hydrogen-bond acceptors (Lipinski definition) is 4. The third-order valence-electron chi connectivity index (χ3n) is 3.58. The number of amides is 1. The molecular formula is C18H20ClNO4. The zero-order valence-corrected chi connectivity index (χ0v) is 14.4. The second-order valence-corrected chi connectivity index (χ2v) is 5.57. The minimum atomic E-state index is -0.204. The Labute approximate surface area is 146 Å². The molecule has 128 valence electrons. The van der Waals surface area contributed by atoms with E-state index in [0.29, 0.717) is 28.6 Å². The Bertz CT molecular complexity index is 705. The highest BCUT2D eigenvalue weighted by molar-refractivity contribution is 6.30. The number of hydrogen-bond donors (Lipinski definition) is 1. The van der Waals surface area contributed by atoms with Gasteiger partial charge in [0, 0.05) is 35.3 Å². The molecule has 0 saturated heterocycles. The Morgan fingerprint density at radius 3 is 2.58 bits per heavy atom. The molecule has 1 amide bonds. The number of nitrogens with zero attached hydrogens (tertiary/aromatic N) is 1. The minimum Gasteiger partial charge on any atom is -0.497 e. The van der Waals surface area contributed by atoms with E-state index in [-0.39, 0.29) is 19.1 Å². The van der Waals surface area contributed by atoms with E-state index in [1.165, 1.54) is 0 Å². The maximum atomic E-state index is 12.7. The first kappa shape index (κ1) is 18.1. The van der Waals surface area contributed by atoms with E-state index in [0.717, 1.165) is 5.56 Å². The van der Waals surface area contributed by atoms with Gasteiger partial charge in [0.25, 0.3) is 5.91 Å². The van der Waals surface area contributed by atoms with Gasteiger partial charge in [0.2, 0.25) is 0 Å². The molecule has 2 aromatic rings. The smallest absolute Gasteiger partial charge is 0.254 e. The number of aliphatic hydroxyl groups excluding tert-OH is 1. The molecular weight excluding hydrogens is 330 g/mol. The van der Waals surface area contributed by atoms with Crippen molar-refractivity contribution in [2.75, 3.05) is 27.4 Å². The third-order valence-corrected chi connectivity index (χ3v) is 3.82. The van der Waals surface area contributed by atoms with Crippen molar-refractivity contribution in [3.05, 3.63) is 58.6 Å². The third kappa shape index (κ3) is 4.40. The first-order valence-corrected chi connectivity index (χ1v) is 7.83. The fraction of sp³-hybridized carbons (Fsp3) is 0.278. The van der Waals surface area contributed by atoms with Gasteiger partial charge in [-0.05, 0) is 30.3 Å². The standard InChI is InChI=1S/C18H20ClNO4/c1-23-16-7-6-14(17(11-16)24-2)12-20(8-9-21)18(22)13-4-3-5-15(19)10-13/h3-7,10-11,21H,8-9,12H2,1-2H3. The fourth-order valence-corrected chi connectivity index (χ4v) is 2.56. The number of ether oxygens (including phenoxy) is 2. The summed E-state index contributed by atoms with van der Waals surface area (Å²) in [6, 6.07) is 12.1. The van der Waals surface area contributed by atoms with E-state index >= 15 is 0 Å². The van der Waals surface area contributed by atoms with E-state index < -0.39 is 0 Å². The van der Waals surface area contributed by atoms with Crippen LogP contribution in [0.2, 0.25) is 5.02 Å². The molecule has 0 fully saturated rings. The fourth-order valence-electron chi connectivity index (χ4n) is 2.37. The van der Waals surface area contributed by atoms with E-state index in [9.17, 15) is 9.90 Å². The van der Waals surface area contributed by atoms with Crippen molar-refractivity contribution >= 4 is 17.5 Å². The van der Waals surface area contributed by atoms with Crippen LogP contribution >= 0.6 is 11.6 Å². The highest BCUT2D eigenvalue weighted by atomic mass is 35.5. The van der Waals surface area contributed by atoms with Crippen molar-refractivity contribution in [3.8, 4) is 11.5 Å². The van der Waals surface area contributed by atoms with E-state index in [1.54, 1.807) is 55.5 Å². The Morgan fingerprint density at radius 1 is 1.17 bits per heavy atom. The molecule has 5 nitrogen and oxygen atoms in total. The molecule has 0 heterocycles. The molecule has 1 N–H and O–H groups in total. The van der Waals surface area contributed by atoms with Gasteiger partial charge in [0.15, 0.2) is 0 Å². The second-order valence-electron chi connectivity index (χ2n) is 5.14. The van der Waals surface area contributed by atoms with Crippen molar-refractivity contribution in [2.45, 2.75) is 6.54 Å². The van der Waals surface area contributed by atoms with Gasteiger partial charge in [-0.2, -0.15) is 0 Å². The van der Waals surface area contributed by atoms with E-state index in [1.807, 2.05) is 6.07 Å². The largest absolute Gasteiger partial charge is 0.497 e. The number of benzene rings is 2. The monoisotopic (exact) mass is 349 g/mol. The van der Waals surface area contributed by atoms with Gasteiger partial charge in [-0.3, -0.25) is 4.79 Å². The van der Waals surface area contributed by atoms with E-state index in [4.69, 9.17) is 21.1 Å². The van der Waals surface area contributed by atoms with Crippen molar-refractivity contribution in [3.63, 3.8) is 0 Å². The summed E-state index contributed by atoms with van der Waals surface area (Å²) >= 11 is 5.96. The average molecular weight is 350 g/mol. The van der Waals surface area contributed by atoms with Gasteiger partial charge >= 0.3 is 0 Å². The minimum absolute atomic E-state index is 0.134. The molecule has 24 heavy (non-hydrogen) atoms. The normalized spacial score (nSPS) is 10.3. The van der Waals surface area contributed by atoms with Gasteiger partial charge in [0.1, 0.15) is 11.5 Å². The lowest BCUT2D eigenvalue weighted by molar-refractivity contribution is 0.0706. The Morgan fingerprint density at radius 2 is 1.96 bits per heavy atom. The molecule has 2 aromatic carbocycles. The molecule has 0 aliphatic rings. The van der Waals surface area contributed by atoms with Crippen LogP contribution in [0.15, 0.2) is 42.5 Å². The Hall–Kier alpha value is -2.24.